The third-order valence-electron chi connectivity index (χ3n) is 3.90. The Labute approximate surface area is 144 Å². The number of thioether (sulfide) groups is 1. The smallest absolute Gasteiger partial charge is 0.230 e. The van der Waals surface area contributed by atoms with E-state index in [1.807, 2.05) is 0 Å². The summed E-state index contributed by atoms with van der Waals surface area (Å²) in [7, 11) is 0. The summed E-state index contributed by atoms with van der Waals surface area (Å²) in [5.74, 6) is 1.79. The molecule has 1 aliphatic rings. The first-order chi connectivity index (χ1) is 10.1. The highest BCUT2D eigenvalue weighted by Gasteiger charge is 2.13. The number of rotatable bonds is 6. The Kier molecular flexibility index (Phi) is 8.91. The van der Waals surface area contributed by atoms with Gasteiger partial charge in [0.05, 0.1) is 5.75 Å². The van der Waals surface area contributed by atoms with E-state index in [1.165, 1.54) is 18.4 Å². The van der Waals surface area contributed by atoms with Crippen molar-refractivity contribution >= 4 is 30.1 Å². The highest BCUT2D eigenvalue weighted by Crippen LogP contribution is 2.21. The van der Waals surface area contributed by atoms with Crippen LogP contribution in [0.5, 0.6) is 0 Å². The normalized spacial score (nSPS) is 17.9. The fourth-order valence-electron chi connectivity index (χ4n) is 2.51. The third-order valence-corrected chi connectivity index (χ3v) is 4.92. The molecule has 1 amide bonds. The Balaban J connectivity index is 0.00000242. The van der Waals surface area contributed by atoms with E-state index in [0.29, 0.717) is 17.6 Å². The zero-order chi connectivity index (χ0) is 15.1. The number of halogens is 1. The van der Waals surface area contributed by atoms with Crippen molar-refractivity contribution < 1.29 is 4.79 Å². The number of piperidine rings is 1. The summed E-state index contributed by atoms with van der Waals surface area (Å²) < 4.78 is 0. The molecule has 1 heterocycles. The zero-order valence-electron chi connectivity index (χ0n) is 13.4. The summed E-state index contributed by atoms with van der Waals surface area (Å²) in [5.41, 5.74) is 1.34. The van der Waals surface area contributed by atoms with Crippen LogP contribution in [0.2, 0.25) is 0 Å². The van der Waals surface area contributed by atoms with Gasteiger partial charge in [0.15, 0.2) is 0 Å². The first kappa shape index (κ1) is 19.3. The Morgan fingerprint density at radius 2 is 2.09 bits per heavy atom. The summed E-state index contributed by atoms with van der Waals surface area (Å²) in [6.07, 6.45) is 2.44. The molecule has 22 heavy (non-hydrogen) atoms. The van der Waals surface area contributed by atoms with Crippen molar-refractivity contribution in [1.29, 1.82) is 0 Å². The van der Waals surface area contributed by atoms with E-state index in [-0.39, 0.29) is 18.3 Å². The highest BCUT2D eigenvalue weighted by molar-refractivity contribution is 8.00. The standard InChI is InChI=1S/C17H26N2OS.ClH/c1-13(2)15-5-7-16(8-6-15)21-12-17(20)19-11-14-4-3-9-18-10-14;/h5-8,13-14,18H,3-4,9-12H2,1-2H3,(H,19,20);1H. The van der Waals surface area contributed by atoms with E-state index in [4.69, 9.17) is 0 Å². The molecule has 1 saturated heterocycles. The minimum Gasteiger partial charge on any atom is -0.355 e. The van der Waals surface area contributed by atoms with E-state index in [0.717, 1.165) is 24.5 Å². The monoisotopic (exact) mass is 342 g/mol. The van der Waals surface area contributed by atoms with Crippen LogP contribution >= 0.6 is 24.2 Å². The lowest BCUT2D eigenvalue weighted by Crippen LogP contribution is -2.38. The number of benzene rings is 1. The van der Waals surface area contributed by atoms with E-state index in [2.05, 4.69) is 48.7 Å². The first-order valence-electron chi connectivity index (χ1n) is 7.85. The van der Waals surface area contributed by atoms with Crippen molar-refractivity contribution in [2.75, 3.05) is 25.4 Å². The molecule has 0 radical (unpaired) electrons. The van der Waals surface area contributed by atoms with Crippen LogP contribution in [-0.2, 0) is 4.79 Å². The number of nitrogens with one attached hydrogen (secondary N) is 2. The lowest BCUT2D eigenvalue weighted by Gasteiger charge is -2.22. The fourth-order valence-corrected chi connectivity index (χ4v) is 3.23. The molecular formula is C17H27ClN2OS. The number of hydrogen-bond acceptors (Lipinski definition) is 3. The van der Waals surface area contributed by atoms with Crippen LogP contribution in [0, 0.1) is 5.92 Å². The Morgan fingerprint density at radius 1 is 1.36 bits per heavy atom. The van der Waals surface area contributed by atoms with Gasteiger partial charge in [0.2, 0.25) is 5.91 Å². The molecule has 0 bridgehead atoms. The maximum Gasteiger partial charge on any atom is 0.230 e. The third kappa shape index (κ3) is 6.59. The first-order valence-corrected chi connectivity index (χ1v) is 8.84. The quantitative estimate of drug-likeness (QED) is 0.778. The van der Waals surface area contributed by atoms with Gasteiger partial charge < -0.3 is 10.6 Å². The molecule has 124 valence electrons. The van der Waals surface area contributed by atoms with E-state index < -0.39 is 0 Å². The Hall–Kier alpha value is -0.710. The van der Waals surface area contributed by atoms with Gasteiger partial charge >= 0.3 is 0 Å². The van der Waals surface area contributed by atoms with Crippen LogP contribution < -0.4 is 10.6 Å². The lowest BCUT2D eigenvalue weighted by atomic mass is 10.00. The predicted molar refractivity (Wildman–Crippen MR) is 97.1 cm³/mol. The van der Waals surface area contributed by atoms with Crippen LogP contribution in [0.3, 0.4) is 0 Å². The van der Waals surface area contributed by atoms with Crippen molar-refractivity contribution in [1.82, 2.24) is 10.6 Å². The summed E-state index contributed by atoms with van der Waals surface area (Å²) in [4.78, 5) is 13.0. The molecule has 1 atom stereocenters. The molecule has 0 aliphatic carbocycles. The molecular weight excluding hydrogens is 316 g/mol. The van der Waals surface area contributed by atoms with Gasteiger partial charge in [-0.25, -0.2) is 0 Å². The summed E-state index contributed by atoms with van der Waals surface area (Å²) in [6, 6.07) is 8.52. The van der Waals surface area contributed by atoms with Crippen LogP contribution in [0.15, 0.2) is 29.2 Å². The van der Waals surface area contributed by atoms with Crippen molar-refractivity contribution in [2.24, 2.45) is 5.92 Å². The van der Waals surface area contributed by atoms with Crippen LogP contribution in [-0.4, -0.2) is 31.3 Å². The minimum absolute atomic E-state index is 0. The Bertz CT molecular complexity index is 444. The molecule has 0 saturated carbocycles. The van der Waals surface area contributed by atoms with Gasteiger partial charge in [-0.3, -0.25) is 4.79 Å². The van der Waals surface area contributed by atoms with Gasteiger partial charge in [0.1, 0.15) is 0 Å². The molecule has 1 aromatic rings. The molecule has 1 unspecified atom stereocenters. The molecule has 3 nitrogen and oxygen atoms in total. The largest absolute Gasteiger partial charge is 0.355 e. The molecule has 0 aromatic heterocycles. The molecule has 1 aromatic carbocycles. The van der Waals surface area contributed by atoms with E-state index >= 15 is 0 Å². The van der Waals surface area contributed by atoms with Crippen LogP contribution in [0.1, 0.15) is 38.2 Å². The summed E-state index contributed by atoms with van der Waals surface area (Å²) >= 11 is 1.61. The second kappa shape index (κ2) is 10.1. The van der Waals surface area contributed by atoms with Crippen molar-refractivity contribution in [3.63, 3.8) is 0 Å². The average Bonchev–Trinajstić information content (AvgIpc) is 2.52. The number of carbonyl (C=O) groups excluding carboxylic acids is 1. The second-order valence-electron chi connectivity index (χ2n) is 6.03. The highest BCUT2D eigenvalue weighted by atomic mass is 35.5. The fraction of sp³-hybridized carbons (Fsp3) is 0.588. The van der Waals surface area contributed by atoms with Gasteiger partial charge in [-0.05, 0) is 55.5 Å². The van der Waals surface area contributed by atoms with Crippen LogP contribution in [0.25, 0.3) is 0 Å². The van der Waals surface area contributed by atoms with E-state index in [1.54, 1.807) is 11.8 Å². The maximum atomic E-state index is 11.9. The van der Waals surface area contributed by atoms with Gasteiger partial charge in [-0.15, -0.1) is 24.2 Å². The molecule has 0 spiro atoms. The summed E-state index contributed by atoms with van der Waals surface area (Å²) in [5, 5.41) is 6.43. The zero-order valence-corrected chi connectivity index (χ0v) is 15.1. The van der Waals surface area contributed by atoms with Crippen molar-refractivity contribution in [2.45, 2.75) is 37.5 Å². The second-order valence-corrected chi connectivity index (χ2v) is 7.08. The number of amides is 1. The van der Waals surface area contributed by atoms with Crippen molar-refractivity contribution in [3.8, 4) is 0 Å². The molecule has 2 rings (SSSR count). The van der Waals surface area contributed by atoms with E-state index in [9.17, 15) is 4.79 Å². The number of carbonyl (C=O) groups is 1. The average molecular weight is 343 g/mol. The van der Waals surface area contributed by atoms with Crippen LogP contribution in [0.4, 0.5) is 0 Å². The lowest BCUT2D eigenvalue weighted by molar-refractivity contribution is -0.118. The SMILES string of the molecule is CC(C)c1ccc(SCC(=O)NCC2CCCNC2)cc1.Cl. The molecule has 1 fully saturated rings. The van der Waals surface area contributed by atoms with Crippen molar-refractivity contribution in [3.05, 3.63) is 29.8 Å². The molecule has 5 heteroatoms. The van der Waals surface area contributed by atoms with Gasteiger partial charge in [-0.2, -0.15) is 0 Å². The molecule has 2 N–H and O–H groups in total. The van der Waals surface area contributed by atoms with Gasteiger partial charge in [0.25, 0.3) is 0 Å². The number of hydrogen-bond donors (Lipinski definition) is 2. The Morgan fingerprint density at radius 3 is 2.68 bits per heavy atom. The van der Waals surface area contributed by atoms with Gasteiger partial charge in [0, 0.05) is 11.4 Å². The maximum absolute atomic E-state index is 11.9. The summed E-state index contributed by atoms with van der Waals surface area (Å²) in [6.45, 7) is 7.33. The predicted octanol–water partition coefficient (Wildman–Crippen LogP) is 3.44. The topological polar surface area (TPSA) is 41.1 Å². The minimum atomic E-state index is 0. The molecule has 1 aliphatic heterocycles. The van der Waals surface area contributed by atoms with Gasteiger partial charge in [-0.1, -0.05) is 26.0 Å².